The van der Waals surface area contributed by atoms with Crippen molar-refractivity contribution in [2.45, 2.75) is 26.2 Å². The van der Waals surface area contributed by atoms with Gasteiger partial charge in [0, 0.05) is 12.6 Å². The lowest BCUT2D eigenvalue weighted by molar-refractivity contribution is 0.0596. The monoisotopic (exact) mass is 272 g/mol. The van der Waals surface area contributed by atoms with Gasteiger partial charge in [-0.05, 0) is 22.6 Å². The van der Waals surface area contributed by atoms with Gasteiger partial charge >= 0.3 is 5.97 Å². The van der Waals surface area contributed by atoms with Crippen molar-refractivity contribution in [1.82, 2.24) is 4.98 Å². The molecule has 0 fully saturated rings. The minimum absolute atomic E-state index is 0.321. The third-order valence-electron chi connectivity index (χ3n) is 3.44. The van der Waals surface area contributed by atoms with Crippen LogP contribution in [-0.2, 0) is 11.2 Å². The quantitative estimate of drug-likeness (QED) is 0.840. The van der Waals surface area contributed by atoms with Gasteiger partial charge < -0.3 is 15.5 Å². The van der Waals surface area contributed by atoms with E-state index in [1.807, 2.05) is 0 Å². The third kappa shape index (κ3) is 2.85. The van der Waals surface area contributed by atoms with Crippen LogP contribution >= 0.6 is 0 Å². The van der Waals surface area contributed by atoms with Crippen molar-refractivity contribution >= 4 is 11.7 Å². The van der Waals surface area contributed by atoms with Gasteiger partial charge in [-0.3, -0.25) is 0 Å². The number of rotatable bonds is 4. The SMILES string of the molecule is COC(=O)c1[nH]cc(Cc2ccc(C(C)C)cc2)c1N. The van der Waals surface area contributed by atoms with Crippen LogP contribution in [0, 0.1) is 0 Å². The van der Waals surface area contributed by atoms with Crippen LogP contribution in [0.15, 0.2) is 30.5 Å². The summed E-state index contributed by atoms with van der Waals surface area (Å²) in [5.41, 5.74) is 10.1. The lowest BCUT2D eigenvalue weighted by atomic mass is 9.99. The Bertz CT molecular complexity index is 597. The van der Waals surface area contributed by atoms with Crippen LogP contribution in [0.5, 0.6) is 0 Å². The molecule has 0 bridgehead atoms. The number of aromatic amines is 1. The summed E-state index contributed by atoms with van der Waals surface area (Å²) in [7, 11) is 1.34. The molecule has 0 spiro atoms. The molecule has 0 amide bonds. The maximum Gasteiger partial charge on any atom is 0.356 e. The highest BCUT2D eigenvalue weighted by Crippen LogP contribution is 2.22. The fraction of sp³-hybridized carbons (Fsp3) is 0.312. The van der Waals surface area contributed by atoms with E-state index in [0.29, 0.717) is 23.7 Å². The highest BCUT2D eigenvalue weighted by molar-refractivity contribution is 5.94. The van der Waals surface area contributed by atoms with Crippen LogP contribution in [0.1, 0.15) is 46.9 Å². The molecule has 1 heterocycles. The van der Waals surface area contributed by atoms with E-state index in [-0.39, 0.29) is 0 Å². The van der Waals surface area contributed by atoms with Gasteiger partial charge in [0.25, 0.3) is 0 Å². The Kier molecular flexibility index (Phi) is 4.13. The number of nitrogens with two attached hydrogens (primary N) is 1. The number of hydrogen-bond acceptors (Lipinski definition) is 3. The molecule has 1 aromatic carbocycles. The first-order valence-corrected chi connectivity index (χ1v) is 6.65. The number of aromatic nitrogens is 1. The molecule has 20 heavy (non-hydrogen) atoms. The highest BCUT2D eigenvalue weighted by atomic mass is 16.5. The summed E-state index contributed by atoms with van der Waals surface area (Å²) in [5, 5.41) is 0. The summed E-state index contributed by atoms with van der Waals surface area (Å²) in [6, 6.07) is 8.45. The third-order valence-corrected chi connectivity index (χ3v) is 3.44. The largest absolute Gasteiger partial charge is 0.464 e. The molecular formula is C16H20N2O2. The van der Waals surface area contributed by atoms with Crippen molar-refractivity contribution in [2.75, 3.05) is 12.8 Å². The Morgan fingerprint density at radius 3 is 2.50 bits per heavy atom. The van der Waals surface area contributed by atoms with Crippen LogP contribution < -0.4 is 5.73 Å². The van der Waals surface area contributed by atoms with E-state index in [9.17, 15) is 4.79 Å². The predicted molar refractivity (Wildman–Crippen MR) is 79.9 cm³/mol. The van der Waals surface area contributed by atoms with Gasteiger partial charge in [-0.2, -0.15) is 0 Å². The van der Waals surface area contributed by atoms with Gasteiger partial charge in [0.1, 0.15) is 5.69 Å². The Labute approximate surface area is 119 Å². The van der Waals surface area contributed by atoms with Crippen molar-refractivity contribution in [1.29, 1.82) is 0 Å². The fourth-order valence-corrected chi connectivity index (χ4v) is 2.13. The van der Waals surface area contributed by atoms with Crippen LogP contribution in [0.3, 0.4) is 0 Å². The van der Waals surface area contributed by atoms with Crippen LogP contribution in [0.25, 0.3) is 0 Å². The van der Waals surface area contributed by atoms with Crippen molar-refractivity contribution in [3.8, 4) is 0 Å². The molecule has 0 saturated heterocycles. The zero-order chi connectivity index (χ0) is 14.7. The molecule has 0 unspecified atom stereocenters. The van der Waals surface area contributed by atoms with Gasteiger partial charge in [0.2, 0.25) is 0 Å². The van der Waals surface area contributed by atoms with Crippen molar-refractivity contribution < 1.29 is 9.53 Å². The topological polar surface area (TPSA) is 68.1 Å². The summed E-state index contributed by atoms with van der Waals surface area (Å²) >= 11 is 0. The number of carbonyl (C=O) groups is 1. The number of methoxy groups -OCH3 is 1. The molecular weight excluding hydrogens is 252 g/mol. The molecule has 0 saturated carbocycles. The molecule has 0 atom stereocenters. The fourth-order valence-electron chi connectivity index (χ4n) is 2.13. The number of hydrogen-bond donors (Lipinski definition) is 2. The molecule has 0 radical (unpaired) electrons. The first-order valence-electron chi connectivity index (χ1n) is 6.65. The number of nitrogens with one attached hydrogen (secondary N) is 1. The zero-order valence-corrected chi connectivity index (χ0v) is 12.1. The van der Waals surface area contributed by atoms with E-state index in [1.54, 1.807) is 6.20 Å². The first-order chi connectivity index (χ1) is 9.52. The van der Waals surface area contributed by atoms with E-state index < -0.39 is 5.97 Å². The number of esters is 1. The summed E-state index contributed by atoms with van der Waals surface area (Å²) < 4.78 is 4.67. The highest BCUT2D eigenvalue weighted by Gasteiger charge is 2.15. The summed E-state index contributed by atoms with van der Waals surface area (Å²) in [5.74, 6) is 0.0798. The second-order valence-corrected chi connectivity index (χ2v) is 5.17. The van der Waals surface area contributed by atoms with Gasteiger partial charge in [0.05, 0.1) is 12.8 Å². The maximum absolute atomic E-state index is 11.5. The van der Waals surface area contributed by atoms with E-state index in [0.717, 1.165) is 11.1 Å². The summed E-state index contributed by atoms with van der Waals surface area (Å²) in [4.78, 5) is 14.4. The summed E-state index contributed by atoms with van der Waals surface area (Å²) in [6.07, 6.45) is 2.45. The number of benzene rings is 1. The summed E-state index contributed by atoms with van der Waals surface area (Å²) in [6.45, 7) is 4.34. The van der Waals surface area contributed by atoms with Crippen LogP contribution in [0.4, 0.5) is 5.69 Å². The average molecular weight is 272 g/mol. The van der Waals surface area contributed by atoms with E-state index >= 15 is 0 Å². The molecule has 0 aliphatic rings. The lowest BCUT2D eigenvalue weighted by Gasteiger charge is -2.07. The molecule has 1 aromatic heterocycles. The van der Waals surface area contributed by atoms with Gasteiger partial charge in [-0.25, -0.2) is 4.79 Å². The van der Waals surface area contributed by atoms with E-state index in [2.05, 4.69) is 47.8 Å². The molecule has 0 aliphatic carbocycles. The molecule has 2 aromatic rings. The minimum atomic E-state index is -0.441. The van der Waals surface area contributed by atoms with E-state index in [1.165, 1.54) is 12.7 Å². The second-order valence-electron chi connectivity index (χ2n) is 5.17. The number of ether oxygens (including phenoxy) is 1. The van der Waals surface area contributed by atoms with Crippen LogP contribution in [-0.4, -0.2) is 18.1 Å². The lowest BCUT2D eigenvalue weighted by Crippen LogP contribution is -2.05. The number of anilines is 1. The van der Waals surface area contributed by atoms with Gasteiger partial charge in [-0.15, -0.1) is 0 Å². The second kappa shape index (κ2) is 5.82. The van der Waals surface area contributed by atoms with E-state index in [4.69, 9.17) is 5.73 Å². The van der Waals surface area contributed by atoms with Crippen molar-refractivity contribution in [3.63, 3.8) is 0 Å². The molecule has 2 rings (SSSR count). The molecule has 0 aliphatic heterocycles. The Morgan fingerprint density at radius 1 is 1.30 bits per heavy atom. The van der Waals surface area contributed by atoms with Gasteiger partial charge in [0.15, 0.2) is 0 Å². The smallest absolute Gasteiger partial charge is 0.356 e. The number of H-pyrrole nitrogens is 1. The standard InChI is InChI=1S/C16H20N2O2/c1-10(2)12-6-4-11(5-7-12)8-13-9-18-15(14(13)17)16(19)20-3/h4-7,9-10,18H,8,17H2,1-3H3. The van der Waals surface area contributed by atoms with Crippen LogP contribution in [0.2, 0.25) is 0 Å². The Balaban J connectivity index is 2.18. The van der Waals surface area contributed by atoms with Crippen molar-refractivity contribution in [2.24, 2.45) is 0 Å². The molecule has 4 nitrogen and oxygen atoms in total. The minimum Gasteiger partial charge on any atom is -0.464 e. The number of carbonyl (C=O) groups excluding carboxylic acids is 1. The first kappa shape index (κ1) is 14.2. The maximum atomic E-state index is 11.5. The molecule has 106 valence electrons. The average Bonchev–Trinajstić information content (AvgIpc) is 2.80. The molecule has 4 heteroatoms. The zero-order valence-electron chi connectivity index (χ0n) is 12.1. The number of nitrogen functional groups attached to an aromatic ring is 1. The molecule has 3 N–H and O–H groups in total. The van der Waals surface area contributed by atoms with Crippen molar-refractivity contribution in [3.05, 3.63) is 52.8 Å². The predicted octanol–water partition coefficient (Wildman–Crippen LogP) is 3.10. The normalized spacial score (nSPS) is 10.8. The Morgan fingerprint density at radius 2 is 1.95 bits per heavy atom. The Hall–Kier alpha value is -2.23. The van der Waals surface area contributed by atoms with Gasteiger partial charge in [-0.1, -0.05) is 38.1 Å².